The fraction of sp³-hybridized carbons (Fsp3) is 0.364. The van der Waals surface area contributed by atoms with Crippen LogP contribution in [0.15, 0.2) is 48.7 Å². The summed E-state index contributed by atoms with van der Waals surface area (Å²) >= 11 is 0. The lowest BCUT2D eigenvalue weighted by Crippen LogP contribution is -2.29. The fourth-order valence-corrected chi connectivity index (χ4v) is 3.49. The molecule has 1 aromatic carbocycles. The molecule has 1 heterocycles. The van der Waals surface area contributed by atoms with Gasteiger partial charge in [-0.05, 0) is 49.1 Å². The summed E-state index contributed by atoms with van der Waals surface area (Å²) in [4.78, 5) is 2.28. The molecule has 1 aliphatic carbocycles. The second-order valence-corrected chi connectivity index (χ2v) is 7.01. The molecule has 2 aromatic rings. The summed E-state index contributed by atoms with van der Waals surface area (Å²) in [6.45, 7) is 6.02. The van der Waals surface area contributed by atoms with Gasteiger partial charge in [-0.25, -0.2) is 0 Å². The van der Waals surface area contributed by atoms with Gasteiger partial charge in [-0.2, -0.15) is 0 Å². The Morgan fingerprint density at radius 1 is 1.19 bits per heavy atom. The average molecular weight is 348 g/mol. The molecular formula is C22H28N4. The Balaban J connectivity index is 1.76. The molecule has 26 heavy (non-hydrogen) atoms. The minimum Gasteiger partial charge on any atom is -0.389 e. The van der Waals surface area contributed by atoms with Gasteiger partial charge in [-0.15, -0.1) is 10.2 Å². The molecule has 0 atom stereocenters. The predicted molar refractivity (Wildman–Crippen MR) is 110 cm³/mol. The summed E-state index contributed by atoms with van der Waals surface area (Å²) in [6.07, 6.45) is 9.19. The van der Waals surface area contributed by atoms with Crippen LogP contribution >= 0.6 is 0 Å². The summed E-state index contributed by atoms with van der Waals surface area (Å²) in [5.41, 5.74) is 5.26. The van der Waals surface area contributed by atoms with E-state index in [4.69, 9.17) is 0 Å². The highest BCUT2D eigenvalue weighted by Gasteiger charge is 2.20. The lowest BCUT2D eigenvalue weighted by atomic mass is 10.0. The number of hydrogen-bond acceptors (Lipinski definition) is 4. The molecular weight excluding hydrogens is 320 g/mol. The van der Waals surface area contributed by atoms with Crippen LogP contribution in [-0.2, 0) is 0 Å². The van der Waals surface area contributed by atoms with E-state index in [0.717, 1.165) is 28.3 Å². The number of aromatic nitrogens is 2. The number of likely N-dealkylation sites (N-methyl/N-ethyl adjacent to an activating group) is 1. The van der Waals surface area contributed by atoms with Gasteiger partial charge in [0.2, 0.25) is 0 Å². The molecule has 4 nitrogen and oxygen atoms in total. The van der Waals surface area contributed by atoms with E-state index in [1.165, 1.54) is 31.2 Å². The third-order valence-corrected chi connectivity index (χ3v) is 5.21. The van der Waals surface area contributed by atoms with Crippen LogP contribution in [0.25, 0.3) is 17.3 Å². The maximum absolute atomic E-state index is 4.49. The highest BCUT2D eigenvalue weighted by molar-refractivity contribution is 5.67. The standard InChI is InChI=1S/C22H28N4/c1-16-15-18(10-9-17(2)23-3)11-12-20(16)21-13-14-22(25-24-21)26(4)19-7-5-6-8-19/h9-15,19,23H,2,5-8H2,1,3-4H3/b10-9+. The molecule has 3 rings (SSSR count). The number of aryl methyl sites for hydroxylation is 1. The number of anilines is 1. The van der Waals surface area contributed by atoms with Crippen molar-refractivity contribution < 1.29 is 0 Å². The van der Waals surface area contributed by atoms with E-state index in [-0.39, 0.29) is 0 Å². The van der Waals surface area contributed by atoms with Crippen LogP contribution in [0.1, 0.15) is 36.8 Å². The zero-order valence-electron chi connectivity index (χ0n) is 16.0. The first-order valence-electron chi connectivity index (χ1n) is 9.31. The summed E-state index contributed by atoms with van der Waals surface area (Å²) in [6, 6.07) is 11.1. The normalized spacial score (nSPS) is 14.7. The van der Waals surface area contributed by atoms with Gasteiger partial charge >= 0.3 is 0 Å². The fourth-order valence-electron chi connectivity index (χ4n) is 3.49. The highest BCUT2D eigenvalue weighted by atomic mass is 15.3. The summed E-state index contributed by atoms with van der Waals surface area (Å²) in [7, 11) is 4.00. The van der Waals surface area contributed by atoms with E-state index in [1.807, 2.05) is 13.1 Å². The highest BCUT2D eigenvalue weighted by Crippen LogP contribution is 2.27. The van der Waals surface area contributed by atoms with Crippen molar-refractivity contribution in [3.63, 3.8) is 0 Å². The third-order valence-electron chi connectivity index (χ3n) is 5.21. The first kappa shape index (κ1) is 18.2. The number of rotatable bonds is 6. The van der Waals surface area contributed by atoms with Crippen molar-refractivity contribution >= 4 is 11.9 Å². The largest absolute Gasteiger partial charge is 0.389 e. The van der Waals surface area contributed by atoms with Gasteiger partial charge in [0.05, 0.1) is 5.69 Å². The Morgan fingerprint density at radius 2 is 1.96 bits per heavy atom. The summed E-state index contributed by atoms with van der Waals surface area (Å²) < 4.78 is 0. The number of nitrogens with one attached hydrogen (secondary N) is 1. The monoisotopic (exact) mass is 348 g/mol. The molecule has 0 radical (unpaired) electrons. The average Bonchev–Trinajstić information content (AvgIpc) is 3.20. The van der Waals surface area contributed by atoms with Crippen molar-refractivity contribution in [2.45, 2.75) is 38.6 Å². The molecule has 0 unspecified atom stereocenters. The first-order chi connectivity index (χ1) is 12.6. The molecule has 0 amide bonds. The molecule has 4 heteroatoms. The van der Waals surface area contributed by atoms with Crippen molar-refractivity contribution in [2.24, 2.45) is 0 Å². The Labute approximate surface area is 156 Å². The maximum atomic E-state index is 4.49. The number of allylic oxidation sites excluding steroid dienone is 1. The molecule has 1 aliphatic rings. The van der Waals surface area contributed by atoms with Gasteiger partial charge in [0, 0.05) is 31.4 Å². The van der Waals surface area contributed by atoms with E-state index in [1.54, 1.807) is 0 Å². The third kappa shape index (κ3) is 4.13. The predicted octanol–water partition coefficient (Wildman–Crippen LogP) is 4.58. The molecule has 0 bridgehead atoms. The van der Waals surface area contributed by atoms with Crippen LogP contribution in [0.4, 0.5) is 5.82 Å². The Bertz CT molecular complexity index is 786. The van der Waals surface area contributed by atoms with Crippen LogP contribution in [0.3, 0.4) is 0 Å². The van der Waals surface area contributed by atoms with Gasteiger partial charge in [0.25, 0.3) is 0 Å². The van der Waals surface area contributed by atoms with Gasteiger partial charge in [0.15, 0.2) is 5.82 Å². The molecule has 0 spiro atoms. The lowest BCUT2D eigenvalue weighted by molar-refractivity contribution is 0.642. The van der Waals surface area contributed by atoms with E-state index in [0.29, 0.717) is 6.04 Å². The molecule has 1 aromatic heterocycles. The topological polar surface area (TPSA) is 41.1 Å². The Hall–Kier alpha value is -2.62. The van der Waals surface area contributed by atoms with Crippen molar-refractivity contribution in [2.75, 3.05) is 19.0 Å². The van der Waals surface area contributed by atoms with Crippen molar-refractivity contribution in [1.29, 1.82) is 0 Å². The van der Waals surface area contributed by atoms with E-state index >= 15 is 0 Å². The van der Waals surface area contributed by atoms with Crippen LogP contribution in [0.2, 0.25) is 0 Å². The first-order valence-corrected chi connectivity index (χ1v) is 9.31. The zero-order valence-corrected chi connectivity index (χ0v) is 16.0. The second kappa shape index (κ2) is 8.17. The second-order valence-electron chi connectivity index (χ2n) is 7.01. The Kier molecular flexibility index (Phi) is 5.71. The minimum absolute atomic E-state index is 0.607. The molecule has 1 fully saturated rings. The summed E-state index contributed by atoms with van der Waals surface area (Å²) in [5, 5.41) is 12.0. The minimum atomic E-state index is 0.607. The molecule has 0 saturated heterocycles. The van der Waals surface area contributed by atoms with Crippen LogP contribution in [-0.4, -0.2) is 30.3 Å². The summed E-state index contributed by atoms with van der Waals surface area (Å²) in [5.74, 6) is 0.962. The van der Waals surface area contributed by atoms with E-state index < -0.39 is 0 Å². The van der Waals surface area contributed by atoms with Crippen LogP contribution < -0.4 is 10.2 Å². The molecule has 1 N–H and O–H groups in total. The lowest BCUT2D eigenvalue weighted by Gasteiger charge is -2.24. The molecule has 0 aliphatic heterocycles. The molecule has 1 saturated carbocycles. The van der Waals surface area contributed by atoms with E-state index in [2.05, 4.69) is 77.4 Å². The van der Waals surface area contributed by atoms with Crippen molar-refractivity contribution in [1.82, 2.24) is 15.5 Å². The van der Waals surface area contributed by atoms with Gasteiger partial charge < -0.3 is 10.2 Å². The van der Waals surface area contributed by atoms with Crippen molar-refractivity contribution in [3.05, 3.63) is 59.8 Å². The van der Waals surface area contributed by atoms with Gasteiger partial charge in [-0.1, -0.05) is 43.7 Å². The number of benzene rings is 1. The van der Waals surface area contributed by atoms with Crippen LogP contribution in [0.5, 0.6) is 0 Å². The molecule has 136 valence electrons. The van der Waals surface area contributed by atoms with E-state index in [9.17, 15) is 0 Å². The van der Waals surface area contributed by atoms with Crippen LogP contribution in [0, 0.1) is 6.92 Å². The zero-order chi connectivity index (χ0) is 18.5. The SMILES string of the molecule is C=C(/C=C/c1ccc(-c2ccc(N(C)C3CCCC3)nn2)c(C)c1)NC. The number of nitrogens with zero attached hydrogens (tertiary/aromatic N) is 3. The Morgan fingerprint density at radius 3 is 2.58 bits per heavy atom. The van der Waals surface area contributed by atoms with Gasteiger partial charge in [-0.3, -0.25) is 0 Å². The number of hydrogen-bond donors (Lipinski definition) is 1. The smallest absolute Gasteiger partial charge is 0.151 e. The van der Waals surface area contributed by atoms with Gasteiger partial charge in [0.1, 0.15) is 0 Å². The quantitative estimate of drug-likeness (QED) is 0.776. The van der Waals surface area contributed by atoms with Crippen molar-refractivity contribution in [3.8, 4) is 11.3 Å². The maximum Gasteiger partial charge on any atom is 0.151 e.